The van der Waals surface area contributed by atoms with E-state index in [4.69, 9.17) is 4.74 Å². The van der Waals surface area contributed by atoms with Crippen molar-refractivity contribution >= 4 is 43.6 Å². The predicted molar refractivity (Wildman–Crippen MR) is 340 cm³/mol. The van der Waals surface area contributed by atoms with Gasteiger partial charge in [-0.15, -0.1) is 0 Å². The molecular weight excluding hydrogens is 957 g/mol. The molecule has 0 fully saturated rings. The summed E-state index contributed by atoms with van der Waals surface area (Å²) in [7, 11) is 0. The molecule has 1 aliphatic carbocycles. The van der Waals surface area contributed by atoms with Crippen LogP contribution in [0.3, 0.4) is 0 Å². The summed E-state index contributed by atoms with van der Waals surface area (Å²) >= 11 is 0. The molecule has 3 nitrogen and oxygen atoms in total. The van der Waals surface area contributed by atoms with Gasteiger partial charge in [-0.3, -0.25) is 0 Å². The van der Waals surface area contributed by atoms with E-state index in [9.17, 15) is 0 Å². The van der Waals surface area contributed by atoms with Crippen LogP contribution >= 0.6 is 0 Å². The molecule has 0 N–H and O–H groups in total. The second-order valence-corrected chi connectivity index (χ2v) is 23.3. The van der Waals surface area contributed by atoms with Crippen LogP contribution in [-0.2, 0) is 18.5 Å². The van der Waals surface area contributed by atoms with E-state index in [0.29, 0.717) is 0 Å². The Bertz CT molecular complexity index is 3440. The maximum absolute atomic E-state index is 6.53. The van der Waals surface area contributed by atoms with Crippen LogP contribution in [0.1, 0.15) is 177 Å². The average Bonchev–Trinajstić information content (AvgIpc) is 3.73. The van der Waals surface area contributed by atoms with E-state index in [1.807, 2.05) is 0 Å². The zero-order valence-electron chi connectivity index (χ0n) is 48.2. The minimum Gasteiger partial charge on any atom is -0.494 e. The van der Waals surface area contributed by atoms with Gasteiger partial charge in [0, 0.05) is 56.7 Å². The number of aromatic nitrogens is 2. The normalized spacial score (nSPS) is 12.8. The van der Waals surface area contributed by atoms with E-state index in [1.165, 1.54) is 227 Å². The Kier molecular flexibility index (Phi) is 17.5. The van der Waals surface area contributed by atoms with Gasteiger partial charge in [0.05, 0.1) is 12.0 Å². The van der Waals surface area contributed by atoms with Gasteiger partial charge >= 0.3 is 0 Å². The topological polar surface area (TPSA) is 19.1 Å². The Hall–Kier alpha value is -6.84. The molecule has 0 radical (unpaired) electrons. The molecule has 0 saturated heterocycles. The fraction of sp³-hybridized carbons (Fsp3) is 0.368. The number of fused-ring (bicyclic) bond motifs is 9. The highest BCUT2D eigenvalue weighted by Gasteiger charge is 2.46. The molecule has 79 heavy (non-hydrogen) atoms. The number of hydrogen-bond acceptors (Lipinski definition) is 1. The van der Waals surface area contributed by atoms with Crippen LogP contribution in [0.5, 0.6) is 5.75 Å². The number of hydrogen-bond donors (Lipinski definition) is 0. The summed E-state index contributed by atoms with van der Waals surface area (Å²) in [4.78, 5) is 0. The summed E-state index contributed by atoms with van der Waals surface area (Å²) in [5.41, 5.74) is 18.8. The van der Waals surface area contributed by atoms with E-state index in [2.05, 4.69) is 207 Å². The first kappa shape index (κ1) is 54.1. The van der Waals surface area contributed by atoms with Gasteiger partial charge in [0.2, 0.25) is 0 Å². The fourth-order valence-corrected chi connectivity index (χ4v) is 13.6. The standard InChI is InChI=1S/C76H86N2O/c1-5-8-11-14-17-18-21-28-51-79-63-43-41-62(42-44-63)76(61-39-33-56(4)34-40-61)70-54-59(57-37-47-74-68(52-57)66-29-22-24-31-72(66)77(74)49-26-19-15-12-9-6-2)35-45-64(70)65-46-36-60(55-71(65)76)58-38-48-75-69(53-58)67-30-23-25-32-73(67)78(75)50-27-20-16-13-10-7-3/h22-25,29-48,52-55H,5-21,26-28,49-51H2,1-4H3. The summed E-state index contributed by atoms with van der Waals surface area (Å²) in [6.07, 6.45) is 25.9. The lowest BCUT2D eigenvalue weighted by molar-refractivity contribution is 0.304. The van der Waals surface area contributed by atoms with Crippen LogP contribution in [0, 0.1) is 6.92 Å². The zero-order chi connectivity index (χ0) is 54.0. The lowest BCUT2D eigenvalue weighted by Crippen LogP contribution is -2.28. The van der Waals surface area contributed by atoms with Crippen molar-refractivity contribution in [3.05, 3.63) is 198 Å². The molecule has 0 amide bonds. The second-order valence-electron chi connectivity index (χ2n) is 23.3. The summed E-state index contributed by atoms with van der Waals surface area (Å²) in [6.45, 7) is 12.0. The van der Waals surface area contributed by atoms with Crippen LogP contribution in [0.2, 0.25) is 0 Å². The van der Waals surface area contributed by atoms with Gasteiger partial charge in [0.15, 0.2) is 0 Å². The molecular formula is C76H86N2O. The molecule has 8 aromatic carbocycles. The molecule has 2 heterocycles. The van der Waals surface area contributed by atoms with Gasteiger partial charge in [-0.25, -0.2) is 0 Å². The van der Waals surface area contributed by atoms with Gasteiger partial charge in [-0.1, -0.05) is 245 Å². The zero-order valence-corrected chi connectivity index (χ0v) is 48.2. The second kappa shape index (κ2) is 25.5. The molecule has 11 rings (SSSR count). The first-order valence-corrected chi connectivity index (χ1v) is 31.1. The molecule has 1 aliphatic rings. The number of aryl methyl sites for hydroxylation is 3. The van der Waals surface area contributed by atoms with E-state index < -0.39 is 5.41 Å². The van der Waals surface area contributed by atoms with E-state index in [1.54, 1.807) is 0 Å². The first-order valence-electron chi connectivity index (χ1n) is 31.1. The van der Waals surface area contributed by atoms with Crippen molar-refractivity contribution in [3.8, 4) is 39.1 Å². The Balaban J connectivity index is 1.00. The quantitative estimate of drug-likeness (QED) is 0.0447. The Morgan fingerprint density at radius 1 is 0.342 bits per heavy atom. The highest BCUT2D eigenvalue weighted by molar-refractivity contribution is 6.10. The minimum atomic E-state index is -0.602. The number of unbranched alkanes of at least 4 members (excludes halogenated alkanes) is 17. The Morgan fingerprint density at radius 3 is 1.19 bits per heavy atom. The van der Waals surface area contributed by atoms with Gasteiger partial charge in [0.1, 0.15) is 5.75 Å². The smallest absolute Gasteiger partial charge is 0.119 e. The number of ether oxygens (including phenoxy) is 1. The molecule has 0 spiro atoms. The largest absolute Gasteiger partial charge is 0.494 e. The summed E-state index contributed by atoms with van der Waals surface area (Å²) in [5, 5.41) is 5.35. The highest BCUT2D eigenvalue weighted by atomic mass is 16.5. The molecule has 0 unspecified atom stereocenters. The van der Waals surface area contributed by atoms with Crippen molar-refractivity contribution in [1.29, 1.82) is 0 Å². The lowest BCUT2D eigenvalue weighted by Gasteiger charge is -2.34. The van der Waals surface area contributed by atoms with Crippen molar-refractivity contribution in [2.75, 3.05) is 6.61 Å². The third-order valence-electron chi connectivity index (χ3n) is 17.9. The highest BCUT2D eigenvalue weighted by Crippen LogP contribution is 2.58. The van der Waals surface area contributed by atoms with E-state index >= 15 is 0 Å². The SMILES string of the molecule is CCCCCCCCCCOc1ccc(C2(c3ccc(C)cc3)c3cc(-c4ccc5c(c4)c4ccccc4n5CCCCCCCC)ccc3-c3ccc(-c4ccc5c(c4)c4ccccc4n5CCCCCCCC)cc32)cc1. The summed E-state index contributed by atoms with van der Waals surface area (Å²) < 4.78 is 11.7. The number of para-hydroxylation sites is 2. The molecule has 406 valence electrons. The van der Waals surface area contributed by atoms with E-state index in [-0.39, 0.29) is 0 Å². The summed E-state index contributed by atoms with van der Waals surface area (Å²) in [6, 6.07) is 66.0. The van der Waals surface area contributed by atoms with Gasteiger partial charge in [-0.2, -0.15) is 0 Å². The van der Waals surface area contributed by atoms with Crippen LogP contribution < -0.4 is 4.74 Å². The molecule has 0 atom stereocenters. The molecule has 0 saturated carbocycles. The molecule has 0 bridgehead atoms. The predicted octanol–water partition coefficient (Wildman–Crippen LogP) is 22.1. The maximum Gasteiger partial charge on any atom is 0.119 e. The van der Waals surface area contributed by atoms with Crippen LogP contribution in [0.15, 0.2) is 170 Å². The van der Waals surface area contributed by atoms with E-state index in [0.717, 1.165) is 31.9 Å². The molecule has 0 aliphatic heterocycles. The average molecular weight is 1040 g/mol. The third-order valence-corrected chi connectivity index (χ3v) is 17.9. The van der Waals surface area contributed by atoms with Crippen molar-refractivity contribution in [1.82, 2.24) is 9.13 Å². The Morgan fingerprint density at radius 2 is 0.722 bits per heavy atom. The fourth-order valence-electron chi connectivity index (χ4n) is 13.6. The van der Waals surface area contributed by atoms with Crippen molar-refractivity contribution in [2.24, 2.45) is 0 Å². The van der Waals surface area contributed by atoms with Gasteiger partial charge in [-0.05, 0) is 142 Å². The molecule has 10 aromatic rings. The van der Waals surface area contributed by atoms with Crippen LogP contribution in [-0.4, -0.2) is 15.7 Å². The summed E-state index contributed by atoms with van der Waals surface area (Å²) in [5.74, 6) is 0.944. The Labute approximate surface area is 473 Å². The van der Waals surface area contributed by atoms with Gasteiger partial charge < -0.3 is 13.9 Å². The molecule has 3 heteroatoms. The lowest BCUT2D eigenvalue weighted by atomic mass is 9.67. The number of benzene rings is 8. The monoisotopic (exact) mass is 1040 g/mol. The minimum absolute atomic E-state index is 0.602. The van der Waals surface area contributed by atoms with Crippen molar-refractivity contribution < 1.29 is 4.74 Å². The molecule has 2 aromatic heterocycles. The van der Waals surface area contributed by atoms with Crippen molar-refractivity contribution in [2.45, 2.75) is 175 Å². The maximum atomic E-state index is 6.53. The van der Waals surface area contributed by atoms with Crippen LogP contribution in [0.4, 0.5) is 0 Å². The van der Waals surface area contributed by atoms with Gasteiger partial charge in [0.25, 0.3) is 0 Å². The van der Waals surface area contributed by atoms with Crippen LogP contribution in [0.25, 0.3) is 77.0 Å². The third kappa shape index (κ3) is 11.2. The first-order chi connectivity index (χ1) is 39.0. The van der Waals surface area contributed by atoms with Crippen molar-refractivity contribution in [3.63, 3.8) is 0 Å². The number of nitrogens with zero attached hydrogens (tertiary/aromatic N) is 2. The number of rotatable bonds is 28.